The van der Waals surface area contributed by atoms with Crippen LogP contribution in [0.3, 0.4) is 0 Å². The highest BCUT2D eigenvalue weighted by molar-refractivity contribution is 4.99. The summed E-state index contributed by atoms with van der Waals surface area (Å²) in [5.74, 6) is 1.20. The van der Waals surface area contributed by atoms with Crippen LogP contribution in [0.2, 0.25) is 0 Å². The van der Waals surface area contributed by atoms with Gasteiger partial charge in [-0.1, -0.05) is 0 Å². The molecule has 3 heteroatoms. The third kappa shape index (κ3) is 1.71. The molecule has 0 radical (unpaired) electrons. The van der Waals surface area contributed by atoms with E-state index in [1.165, 1.54) is 32.4 Å². The summed E-state index contributed by atoms with van der Waals surface area (Å²) in [6, 6.07) is 0.805. The Kier molecular flexibility index (Phi) is 2.49. The second kappa shape index (κ2) is 3.72. The van der Waals surface area contributed by atoms with E-state index in [1.54, 1.807) is 0 Å². The summed E-state index contributed by atoms with van der Waals surface area (Å²) in [6.45, 7) is 4.82. The van der Waals surface area contributed by atoms with E-state index < -0.39 is 0 Å². The van der Waals surface area contributed by atoms with Crippen LogP contribution in [0, 0.1) is 11.8 Å². The van der Waals surface area contributed by atoms with Crippen LogP contribution in [0.4, 0.5) is 0 Å². The van der Waals surface area contributed by atoms with Crippen LogP contribution in [0.1, 0.15) is 19.3 Å². The van der Waals surface area contributed by atoms with Gasteiger partial charge in [-0.05, 0) is 51.2 Å². The molecule has 86 valence electrons. The monoisotopic (exact) mass is 210 g/mol. The van der Waals surface area contributed by atoms with Gasteiger partial charge < -0.3 is 10.0 Å². The van der Waals surface area contributed by atoms with Gasteiger partial charge in [-0.3, -0.25) is 4.90 Å². The summed E-state index contributed by atoms with van der Waals surface area (Å²) in [5.41, 5.74) is 0. The molecule has 1 unspecified atom stereocenters. The smallest absolute Gasteiger partial charge is 0.0621 e. The van der Waals surface area contributed by atoms with E-state index in [4.69, 9.17) is 0 Å². The maximum Gasteiger partial charge on any atom is 0.0621 e. The van der Waals surface area contributed by atoms with Gasteiger partial charge in [0, 0.05) is 19.1 Å². The minimum absolute atomic E-state index is 0.0347. The van der Waals surface area contributed by atoms with E-state index in [0.717, 1.165) is 19.1 Å². The van der Waals surface area contributed by atoms with Crippen LogP contribution in [0.15, 0.2) is 0 Å². The fourth-order valence-electron chi connectivity index (χ4n) is 3.56. The molecule has 1 saturated carbocycles. The Labute approximate surface area is 92.1 Å². The molecule has 4 rings (SSSR count). The van der Waals surface area contributed by atoms with Gasteiger partial charge in [0.1, 0.15) is 0 Å². The number of aliphatic hydroxyl groups excluding tert-OH is 1. The number of likely N-dealkylation sites (tertiary alicyclic amines) is 1. The van der Waals surface area contributed by atoms with Crippen LogP contribution >= 0.6 is 0 Å². The van der Waals surface area contributed by atoms with Gasteiger partial charge in [0.2, 0.25) is 0 Å². The Morgan fingerprint density at radius 3 is 2.20 bits per heavy atom. The van der Waals surface area contributed by atoms with Crippen molar-refractivity contribution >= 4 is 0 Å². The first-order chi connectivity index (χ1) is 7.24. The fourth-order valence-corrected chi connectivity index (χ4v) is 3.56. The predicted octanol–water partition coefficient (Wildman–Crippen LogP) is 0.393. The Hall–Kier alpha value is -0.120. The highest BCUT2D eigenvalue weighted by Gasteiger charge is 2.47. The predicted molar refractivity (Wildman–Crippen MR) is 59.7 cm³/mol. The van der Waals surface area contributed by atoms with E-state index in [1.807, 2.05) is 0 Å². The molecule has 0 aromatic heterocycles. The average molecular weight is 210 g/mol. The van der Waals surface area contributed by atoms with Crippen LogP contribution in [-0.4, -0.2) is 60.3 Å². The summed E-state index contributed by atoms with van der Waals surface area (Å²) in [4.78, 5) is 5.08. The number of fused-ring (bicyclic) bond motifs is 2. The van der Waals surface area contributed by atoms with Crippen molar-refractivity contribution in [3.05, 3.63) is 0 Å². The molecule has 1 N–H and O–H groups in total. The van der Waals surface area contributed by atoms with Gasteiger partial charge in [-0.2, -0.15) is 0 Å². The number of aliphatic hydroxyl groups is 1. The van der Waals surface area contributed by atoms with Crippen molar-refractivity contribution in [1.29, 1.82) is 0 Å². The van der Waals surface area contributed by atoms with Gasteiger partial charge in [0.15, 0.2) is 0 Å². The van der Waals surface area contributed by atoms with E-state index in [2.05, 4.69) is 16.8 Å². The summed E-state index contributed by atoms with van der Waals surface area (Å²) in [6.07, 6.45) is 3.97. The zero-order valence-electron chi connectivity index (χ0n) is 9.60. The summed E-state index contributed by atoms with van der Waals surface area (Å²) >= 11 is 0. The lowest BCUT2D eigenvalue weighted by atomic mass is 9.67. The molecule has 3 heterocycles. The number of hydrogen-bond donors (Lipinski definition) is 1. The molecule has 3 nitrogen and oxygen atoms in total. The van der Waals surface area contributed by atoms with Crippen molar-refractivity contribution in [2.24, 2.45) is 11.8 Å². The standard InChI is InChI=1S/C12H22N2O/c1-13-4-2-11(3-5-13)14-7-9-6-10(8-14)12(9)15/h9-12,15H,2-8H2,1H3/t9-,10+,12?. The number of rotatable bonds is 1. The quantitative estimate of drug-likeness (QED) is 0.678. The lowest BCUT2D eigenvalue weighted by Gasteiger charge is -2.54. The third-order valence-corrected chi connectivity index (χ3v) is 4.71. The van der Waals surface area contributed by atoms with Crippen molar-refractivity contribution < 1.29 is 5.11 Å². The topological polar surface area (TPSA) is 26.7 Å². The van der Waals surface area contributed by atoms with E-state index >= 15 is 0 Å². The molecule has 3 atom stereocenters. The van der Waals surface area contributed by atoms with Crippen LogP contribution < -0.4 is 0 Å². The second-order valence-corrected chi connectivity index (χ2v) is 5.73. The maximum absolute atomic E-state index is 9.75. The molecular formula is C12H22N2O. The average Bonchev–Trinajstić information content (AvgIpc) is 2.29. The minimum atomic E-state index is 0.0347. The van der Waals surface area contributed by atoms with E-state index in [0.29, 0.717) is 11.8 Å². The highest BCUT2D eigenvalue weighted by atomic mass is 16.3. The normalized spacial score (nSPS) is 44.0. The molecule has 0 aromatic carbocycles. The lowest BCUT2D eigenvalue weighted by Crippen LogP contribution is -2.61. The minimum Gasteiger partial charge on any atom is -0.392 e. The number of piperidine rings is 3. The number of hydrogen-bond acceptors (Lipinski definition) is 3. The zero-order valence-corrected chi connectivity index (χ0v) is 9.60. The molecule has 0 aromatic rings. The Bertz CT molecular complexity index is 226. The SMILES string of the molecule is CN1CCC(N2C[C@H]3C[C@@H](C2)C3O)CC1. The molecular weight excluding hydrogens is 188 g/mol. The van der Waals surface area contributed by atoms with Gasteiger partial charge in [-0.25, -0.2) is 0 Å². The lowest BCUT2D eigenvalue weighted by molar-refractivity contribution is -0.121. The largest absolute Gasteiger partial charge is 0.392 e. The molecule has 2 bridgehead atoms. The van der Waals surface area contributed by atoms with Gasteiger partial charge in [-0.15, -0.1) is 0 Å². The van der Waals surface area contributed by atoms with Crippen LogP contribution in [0.5, 0.6) is 0 Å². The molecule has 3 aliphatic heterocycles. The van der Waals surface area contributed by atoms with Crippen molar-refractivity contribution in [2.75, 3.05) is 33.2 Å². The molecule has 0 amide bonds. The summed E-state index contributed by atoms with van der Waals surface area (Å²) in [7, 11) is 2.22. The van der Waals surface area contributed by atoms with E-state index in [-0.39, 0.29) is 6.10 Å². The Balaban J connectivity index is 1.56. The van der Waals surface area contributed by atoms with Crippen molar-refractivity contribution in [3.63, 3.8) is 0 Å². The Morgan fingerprint density at radius 2 is 1.67 bits per heavy atom. The van der Waals surface area contributed by atoms with E-state index in [9.17, 15) is 5.11 Å². The third-order valence-electron chi connectivity index (χ3n) is 4.71. The zero-order chi connectivity index (χ0) is 10.4. The number of nitrogens with zero attached hydrogens (tertiary/aromatic N) is 2. The fraction of sp³-hybridized carbons (Fsp3) is 1.00. The maximum atomic E-state index is 9.75. The highest BCUT2D eigenvalue weighted by Crippen LogP contribution is 2.41. The van der Waals surface area contributed by atoms with Crippen molar-refractivity contribution in [1.82, 2.24) is 9.80 Å². The van der Waals surface area contributed by atoms with Crippen molar-refractivity contribution in [2.45, 2.75) is 31.4 Å². The molecule has 4 aliphatic rings. The summed E-state index contributed by atoms with van der Waals surface area (Å²) in [5, 5.41) is 9.75. The summed E-state index contributed by atoms with van der Waals surface area (Å²) < 4.78 is 0. The molecule has 4 fully saturated rings. The second-order valence-electron chi connectivity index (χ2n) is 5.73. The molecule has 15 heavy (non-hydrogen) atoms. The Morgan fingerprint density at radius 1 is 1.07 bits per heavy atom. The van der Waals surface area contributed by atoms with Crippen LogP contribution in [-0.2, 0) is 0 Å². The van der Waals surface area contributed by atoms with Gasteiger partial charge in [0.25, 0.3) is 0 Å². The first-order valence-electron chi connectivity index (χ1n) is 6.34. The van der Waals surface area contributed by atoms with Crippen LogP contribution in [0.25, 0.3) is 0 Å². The van der Waals surface area contributed by atoms with Crippen molar-refractivity contribution in [3.8, 4) is 0 Å². The van der Waals surface area contributed by atoms with Gasteiger partial charge in [0.05, 0.1) is 6.10 Å². The molecule has 3 saturated heterocycles. The van der Waals surface area contributed by atoms with Gasteiger partial charge >= 0.3 is 0 Å². The first-order valence-corrected chi connectivity index (χ1v) is 6.34. The molecule has 1 aliphatic carbocycles. The molecule has 0 spiro atoms. The first kappa shape index (κ1) is 10.1.